The van der Waals surface area contributed by atoms with Crippen LogP contribution in [0.2, 0.25) is 5.02 Å². The molecule has 0 aliphatic carbocycles. The number of aromatic nitrogens is 2. The zero-order chi connectivity index (χ0) is 18.8. The molecule has 0 saturated heterocycles. The number of hydrogen-bond donors (Lipinski definition) is 0. The second-order valence-corrected chi connectivity index (χ2v) is 5.74. The summed E-state index contributed by atoms with van der Waals surface area (Å²) in [5.41, 5.74) is -0.151. The van der Waals surface area contributed by atoms with Crippen LogP contribution >= 0.6 is 11.6 Å². The maximum Gasteiger partial charge on any atom is 0.417 e. The Labute approximate surface area is 149 Å². The van der Waals surface area contributed by atoms with Crippen molar-refractivity contribution in [2.75, 3.05) is 6.54 Å². The first-order valence-electron chi connectivity index (χ1n) is 7.95. The standard InChI is InChI=1S/C15H13ClF3N3O.C2H6/c1-9-7-20-12-8-21(5-6-22(9)12)14(23)10-3-2-4-11(13(10)16)15(17,18)19;1-2/h2-4,7H,5-6,8H2,1H3;1-2H3. The number of fused-ring (bicyclic) bond motifs is 1. The Morgan fingerprint density at radius 2 is 1.92 bits per heavy atom. The van der Waals surface area contributed by atoms with Gasteiger partial charge in [-0.15, -0.1) is 0 Å². The highest BCUT2D eigenvalue weighted by atomic mass is 35.5. The fraction of sp³-hybridized carbons (Fsp3) is 0.412. The molecule has 0 fully saturated rings. The van der Waals surface area contributed by atoms with Gasteiger partial charge in [0, 0.05) is 25.0 Å². The fourth-order valence-electron chi connectivity index (χ4n) is 2.67. The summed E-state index contributed by atoms with van der Waals surface area (Å²) < 4.78 is 40.7. The third-order valence-corrected chi connectivity index (χ3v) is 4.29. The summed E-state index contributed by atoms with van der Waals surface area (Å²) in [4.78, 5) is 18.2. The number of amides is 1. The number of imidazole rings is 1. The Hall–Kier alpha value is -2.02. The summed E-state index contributed by atoms with van der Waals surface area (Å²) in [6.45, 7) is 7.12. The van der Waals surface area contributed by atoms with Gasteiger partial charge in [-0.2, -0.15) is 13.2 Å². The molecule has 25 heavy (non-hydrogen) atoms. The van der Waals surface area contributed by atoms with E-state index in [2.05, 4.69) is 4.98 Å². The van der Waals surface area contributed by atoms with E-state index in [0.29, 0.717) is 18.9 Å². The van der Waals surface area contributed by atoms with Crippen LogP contribution in [0.25, 0.3) is 0 Å². The van der Waals surface area contributed by atoms with E-state index < -0.39 is 22.7 Å². The van der Waals surface area contributed by atoms with Gasteiger partial charge < -0.3 is 9.47 Å². The lowest BCUT2D eigenvalue weighted by molar-refractivity contribution is -0.137. The van der Waals surface area contributed by atoms with E-state index in [0.717, 1.165) is 11.8 Å². The predicted octanol–water partition coefficient (Wildman–Crippen LogP) is 4.55. The van der Waals surface area contributed by atoms with E-state index in [4.69, 9.17) is 11.6 Å². The molecule has 0 bridgehead atoms. The van der Waals surface area contributed by atoms with Crippen molar-refractivity contribution in [1.82, 2.24) is 14.5 Å². The Morgan fingerprint density at radius 1 is 1.24 bits per heavy atom. The molecule has 136 valence electrons. The number of benzene rings is 1. The summed E-state index contributed by atoms with van der Waals surface area (Å²) in [6, 6.07) is 3.37. The van der Waals surface area contributed by atoms with Gasteiger partial charge in [-0.1, -0.05) is 31.5 Å². The monoisotopic (exact) mass is 373 g/mol. The summed E-state index contributed by atoms with van der Waals surface area (Å²) in [5, 5.41) is -0.560. The average Bonchev–Trinajstić information content (AvgIpc) is 2.96. The molecule has 1 aromatic carbocycles. The summed E-state index contributed by atoms with van der Waals surface area (Å²) in [5.74, 6) is 0.193. The van der Waals surface area contributed by atoms with E-state index >= 15 is 0 Å². The lowest BCUT2D eigenvalue weighted by Gasteiger charge is -2.29. The van der Waals surface area contributed by atoms with Crippen molar-refractivity contribution in [2.45, 2.75) is 40.0 Å². The largest absolute Gasteiger partial charge is 0.417 e. The van der Waals surface area contributed by atoms with Crippen molar-refractivity contribution < 1.29 is 18.0 Å². The molecule has 4 nitrogen and oxygen atoms in total. The molecule has 0 spiro atoms. The van der Waals surface area contributed by atoms with Gasteiger partial charge in [-0.05, 0) is 19.1 Å². The first kappa shape index (κ1) is 19.3. The summed E-state index contributed by atoms with van der Waals surface area (Å²) in [7, 11) is 0. The van der Waals surface area contributed by atoms with E-state index in [1.54, 1.807) is 6.20 Å². The van der Waals surface area contributed by atoms with Crippen molar-refractivity contribution in [3.63, 3.8) is 0 Å². The van der Waals surface area contributed by atoms with Crippen LogP contribution in [0.3, 0.4) is 0 Å². The van der Waals surface area contributed by atoms with Crippen molar-refractivity contribution >= 4 is 17.5 Å². The fourth-order valence-corrected chi connectivity index (χ4v) is 2.99. The Morgan fingerprint density at radius 3 is 2.56 bits per heavy atom. The summed E-state index contributed by atoms with van der Waals surface area (Å²) in [6.07, 6.45) is -2.89. The van der Waals surface area contributed by atoms with Crippen LogP contribution in [-0.2, 0) is 19.3 Å². The molecule has 2 heterocycles. The predicted molar refractivity (Wildman–Crippen MR) is 89.5 cm³/mol. The lowest BCUT2D eigenvalue weighted by Crippen LogP contribution is -2.38. The molecular formula is C17H19ClF3N3O. The van der Waals surface area contributed by atoms with Crippen molar-refractivity contribution in [2.24, 2.45) is 0 Å². The SMILES string of the molecule is CC.Cc1cnc2n1CCN(C(=O)c1cccc(C(F)(F)F)c1Cl)C2. The molecule has 1 amide bonds. The molecule has 0 saturated carbocycles. The van der Waals surface area contributed by atoms with Crippen molar-refractivity contribution in [1.29, 1.82) is 0 Å². The van der Waals surface area contributed by atoms with Crippen LogP contribution in [-0.4, -0.2) is 26.9 Å². The number of halogens is 4. The molecule has 8 heteroatoms. The molecule has 2 aromatic rings. The van der Waals surface area contributed by atoms with Crippen LogP contribution in [0.15, 0.2) is 24.4 Å². The molecule has 1 aromatic heterocycles. The molecule has 1 aliphatic heterocycles. The quantitative estimate of drug-likeness (QED) is 0.735. The molecule has 1 aliphatic rings. The Balaban J connectivity index is 0.00000109. The first-order valence-corrected chi connectivity index (χ1v) is 8.33. The van der Waals surface area contributed by atoms with E-state index in [-0.39, 0.29) is 12.1 Å². The minimum Gasteiger partial charge on any atom is -0.329 e. The third kappa shape index (κ3) is 3.81. The lowest BCUT2D eigenvalue weighted by atomic mass is 10.1. The van der Waals surface area contributed by atoms with Gasteiger partial charge in [-0.3, -0.25) is 4.79 Å². The minimum absolute atomic E-state index is 0.141. The topological polar surface area (TPSA) is 38.1 Å². The highest BCUT2D eigenvalue weighted by Gasteiger charge is 2.35. The number of carbonyl (C=O) groups is 1. The van der Waals surface area contributed by atoms with Crippen molar-refractivity contribution in [3.05, 3.63) is 52.1 Å². The second kappa shape index (κ2) is 7.47. The molecule has 0 radical (unpaired) electrons. The second-order valence-electron chi connectivity index (χ2n) is 5.36. The maximum atomic E-state index is 12.9. The first-order chi connectivity index (χ1) is 11.8. The van der Waals surface area contributed by atoms with Gasteiger partial charge >= 0.3 is 6.18 Å². The van der Waals surface area contributed by atoms with Gasteiger partial charge in [-0.25, -0.2) is 4.98 Å². The van der Waals surface area contributed by atoms with Crippen LogP contribution in [0, 0.1) is 6.92 Å². The Kier molecular flexibility index (Phi) is 5.77. The van der Waals surface area contributed by atoms with Crippen LogP contribution in [0.5, 0.6) is 0 Å². The minimum atomic E-state index is -4.59. The Bertz CT molecular complexity index is 771. The van der Waals surface area contributed by atoms with E-state index in [1.165, 1.54) is 17.0 Å². The van der Waals surface area contributed by atoms with Gasteiger partial charge in [0.25, 0.3) is 5.91 Å². The number of rotatable bonds is 1. The van der Waals surface area contributed by atoms with Gasteiger partial charge in [0.15, 0.2) is 0 Å². The van der Waals surface area contributed by atoms with Crippen LogP contribution in [0.4, 0.5) is 13.2 Å². The van der Waals surface area contributed by atoms with Crippen molar-refractivity contribution in [3.8, 4) is 0 Å². The summed E-state index contributed by atoms with van der Waals surface area (Å²) >= 11 is 5.82. The van der Waals surface area contributed by atoms with Crippen LogP contribution < -0.4 is 0 Å². The van der Waals surface area contributed by atoms with Gasteiger partial charge in [0.2, 0.25) is 0 Å². The molecule has 3 rings (SSSR count). The average molecular weight is 374 g/mol. The number of nitrogens with zero attached hydrogens (tertiary/aromatic N) is 3. The zero-order valence-corrected chi connectivity index (χ0v) is 14.9. The molecular weight excluding hydrogens is 355 g/mol. The number of hydrogen-bond acceptors (Lipinski definition) is 2. The van der Waals surface area contributed by atoms with E-state index in [9.17, 15) is 18.0 Å². The number of aryl methyl sites for hydroxylation is 1. The molecule has 0 unspecified atom stereocenters. The molecule has 0 N–H and O–H groups in total. The smallest absolute Gasteiger partial charge is 0.329 e. The zero-order valence-electron chi connectivity index (χ0n) is 14.2. The number of carbonyl (C=O) groups excluding carboxylic acids is 1. The third-order valence-electron chi connectivity index (χ3n) is 3.89. The normalized spacial score (nSPS) is 13.8. The highest BCUT2D eigenvalue weighted by Crippen LogP contribution is 2.36. The van der Waals surface area contributed by atoms with Crippen LogP contribution in [0.1, 0.15) is 41.3 Å². The van der Waals surface area contributed by atoms with Gasteiger partial charge in [0.1, 0.15) is 5.82 Å². The van der Waals surface area contributed by atoms with E-state index in [1.807, 2.05) is 25.3 Å². The molecule has 0 atom stereocenters. The highest BCUT2D eigenvalue weighted by molar-refractivity contribution is 6.34. The number of alkyl halides is 3. The maximum absolute atomic E-state index is 12.9. The van der Waals surface area contributed by atoms with Gasteiger partial charge in [0.05, 0.1) is 22.7 Å².